The van der Waals surface area contributed by atoms with Crippen molar-refractivity contribution in [3.63, 3.8) is 0 Å². The maximum atomic E-state index is 13.3. The van der Waals surface area contributed by atoms with Crippen LogP contribution in [-0.4, -0.2) is 65.4 Å². The van der Waals surface area contributed by atoms with E-state index in [2.05, 4.69) is 10.6 Å². The summed E-state index contributed by atoms with van der Waals surface area (Å²) in [5.41, 5.74) is 0. The van der Waals surface area contributed by atoms with Gasteiger partial charge in [-0.05, 0) is 39.0 Å². The molecule has 7 nitrogen and oxygen atoms in total. The molecule has 30 heavy (non-hydrogen) atoms. The third-order valence-electron chi connectivity index (χ3n) is 6.66. The molecule has 1 aliphatic heterocycles. The van der Waals surface area contributed by atoms with E-state index in [4.69, 9.17) is 0 Å². The Morgan fingerprint density at radius 2 is 1.70 bits per heavy atom. The zero-order chi connectivity index (χ0) is 22.3. The minimum Gasteiger partial charge on any atom is -0.344 e. The van der Waals surface area contributed by atoms with Gasteiger partial charge in [0.25, 0.3) is 0 Å². The van der Waals surface area contributed by atoms with Gasteiger partial charge in [0.1, 0.15) is 6.04 Å². The van der Waals surface area contributed by atoms with Gasteiger partial charge in [-0.3, -0.25) is 9.59 Å². The van der Waals surface area contributed by atoms with E-state index in [1.165, 1.54) is 25.7 Å². The number of nitrogens with zero attached hydrogens (tertiary/aromatic N) is 2. The summed E-state index contributed by atoms with van der Waals surface area (Å²) in [7, 11) is 0. The van der Waals surface area contributed by atoms with Crippen LogP contribution in [0.2, 0.25) is 0 Å². The molecule has 3 unspecified atom stereocenters. The van der Waals surface area contributed by atoms with Gasteiger partial charge in [-0.25, -0.2) is 4.79 Å². The van der Waals surface area contributed by atoms with Crippen LogP contribution in [0.5, 0.6) is 0 Å². The number of piperazine rings is 1. The molecular weight excluding hydrogens is 380 g/mol. The second kappa shape index (κ2) is 11.6. The summed E-state index contributed by atoms with van der Waals surface area (Å²) in [6.07, 6.45) is 7.27. The Labute approximate surface area is 182 Å². The van der Waals surface area contributed by atoms with Crippen molar-refractivity contribution in [1.82, 2.24) is 20.4 Å². The summed E-state index contributed by atoms with van der Waals surface area (Å²) in [4.78, 5) is 41.8. The fourth-order valence-electron chi connectivity index (χ4n) is 4.55. The van der Waals surface area contributed by atoms with Gasteiger partial charge < -0.3 is 20.4 Å². The molecule has 3 atom stereocenters. The molecule has 2 aliphatic rings. The molecule has 0 aromatic carbocycles. The predicted octanol–water partition coefficient (Wildman–Crippen LogP) is 3.14. The van der Waals surface area contributed by atoms with Crippen molar-refractivity contribution in [2.45, 2.75) is 97.7 Å². The maximum Gasteiger partial charge on any atom is 0.317 e. The number of urea groups is 1. The van der Waals surface area contributed by atoms with Crippen LogP contribution in [-0.2, 0) is 9.59 Å². The number of carbonyl (C=O) groups is 3. The monoisotopic (exact) mass is 422 g/mol. The molecule has 1 heterocycles. The van der Waals surface area contributed by atoms with Gasteiger partial charge in [-0.15, -0.1) is 0 Å². The van der Waals surface area contributed by atoms with Crippen LogP contribution in [0, 0.1) is 11.8 Å². The van der Waals surface area contributed by atoms with E-state index in [0.29, 0.717) is 32.0 Å². The minimum atomic E-state index is -0.491. The second-order valence-electron chi connectivity index (χ2n) is 9.55. The number of hydrogen-bond acceptors (Lipinski definition) is 3. The van der Waals surface area contributed by atoms with Gasteiger partial charge in [0, 0.05) is 38.1 Å². The van der Waals surface area contributed by atoms with Gasteiger partial charge in [0.05, 0.1) is 0 Å². The normalized spacial score (nSPS) is 22.1. The Morgan fingerprint density at radius 1 is 1.03 bits per heavy atom. The van der Waals surface area contributed by atoms with Crippen LogP contribution in [0.1, 0.15) is 79.6 Å². The number of rotatable bonds is 8. The van der Waals surface area contributed by atoms with Gasteiger partial charge in [-0.2, -0.15) is 0 Å². The molecular formula is C23H42N4O3. The molecule has 0 bridgehead atoms. The lowest BCUT2D eigenvalue weighted by Gasteiger charge is -2.41. The Hall–Kier alpha value is -1.79. The van der Waals surface area contributed by atoms with E-state index in [-0.39, 0.29) is 35.8 Å². The van der Waals surface area contributed by atoms with Crippen molar-refractivity contribution in [2.24, 2.45) is 11.8 Å². The lowest BCUT2D eigenvalue weighted by atomic mass is 9.96. The van der Waals surface area contributed by atoms with Gasteiger partial charge in [-0.1, -0.05) is 46.0 Å². The molecule has 1 saturated heterocycles. The third kappa shape index (κ3) is 6.88. The summed E-state index contributed by atoms with van der Waals surface area (Å²) >= 11 is 0. The molecule has 0 aromatic rings. The predicted molar refractivity (Wildman–Crippen MR) is 119 cm³/mol. The average molecular weight is 423 g/mol. The zero-order valence-electron chi connectivity index (χ0n) is 19.6. The summed E-state index contributed by atoms with van der Waals surface area (Å²) in [6.45, 7) is 11.4. The molecule has 0 aromatic heterocycles. The minimum absolute atomic E-state index is 0.0106. The van der Waals surface area contributed by atoms with Gasteiger partial charge in [0.2, 0.25) is 11.8 Å². The highest BCUT2D eigenvalue weighted by Gasteiger charge is 2.35. The first kappa shape index (κ1) is 24.5. The van der Waals surface area contributed by atoms with Crippen molar-refractivity contribution in [1.29, 1.82) is 0 Å². The highest BCUT2D eigenvalue weighted by Crippen LogP contribution is 2.28. The van der Waals surface area contributed by atoms with Crippen LogP contribution in [0.4, 0.5) is 4.79 Å². The molecule has 1 saturated carbocycles. The van der Waals surface area contributed by atoms with E-state index < -0.39 is 6.04 Å². The summed E-state index contributed by atoms with van der Waals surface area (Å²) in [5.74, 6) is 0.711. The Balaban J connectivity index is 1.92. The van der Waals surface area contributed by atoms with E-state index in [1.807, 2.05) is 39.5 Å². The molecule has 1 aliphatic carbocycles. The quantitative estimate of drug-likeness (QED) is 0.630. The highest BCUT2D eigenvalue weighted by molar-refractivity contribution is 5.88. The van der Waals surface area contributed by atoms with Crippen molar-refractivity contribution < 1.29 is 14.4 Å². The fourth-order valence-corrected chi connectivity index (χ4v) is 4.55. The van der Waals surface area contributed by atoms with E-state index in [1.54, 1.807) is 4.90 Å². The summed E-state index contributed by atoms with van der Waals surface area (Å²) < 4.78 is 0. The summed E-state index contributed by atoms with van der Waals surface area (Å²) in [5, 5.41) is 5.97. The highest BCUT2D eigenvalue weighted by atomic mass is 16.2. The van der Waals surface area contributed by atoms with Crippen LogP contribution in [0.15, 0.2) is 0 Å². The van der Waals surface area contributed by atoms with E-state index in [9.17, 15) is 14.4 Å². The fraction of sp³-hybridized carbons (Fsp3) is 0.870. The first-order chi connectivity index (χ1) is 14.2. The van der Waals surface area contributed by atoms with Gasteiger partial charge >= 0.3 is 6.03 Å². The maximum absolute atomic E-state index is 13.3. The number of carbonyl (C=O) groups excluding carboxylic acids is 3. The summed E-state index contributed by atoms with van der Waals surface area (Å²) in [6, 6.07) is -0.548. The molecule has 172 valence electrons. The number of hydrogen-bond donors (Lipinski definition) is 2. The Bertz CT molecular complexity index is 589. The smallest absolute Gasteiger partial charge is 0.317 e. The van der Waals surface area contributed by atoms with E-state index in [0.717, 1.165) is 12.8 Å². The van der Waals surface area contributed by atoms with Crippen molar-refractivity contribution in [2.75, 3.05) is 19.6 Å². The Kier molecular flexibility index (Phi) is 9.43. The SMILES string of the molecule is CCC(C)C(NC(=O)CCC1CCCC1)C(=O)N1CCN(C(=O)NC(C)C)C(C)C1. The second-order valence-corrected chi connectivity index (χ2v) is 9.55. The first-order valence-electron chi connectivity index (χ1n) is 11.9. The first-order valence-corrected chi connectivity index (χ1v) is 11.9. The number of nitrogens with one attached hydrogen (secondary N) is 2. The van der Waals surface area contributed by atoms with Crippen LogP contribution >= 0.6 is 0 Å². The van der Waals surface area contributed by atoms with Crippen LogP contribution in [0.3, 0.4) is 0 Å². The van der Waals surface area contributed by atoms with E-state index >= 15 is 0 Å². The van der Waals surface area contributed by atoms with Crippen LogP contribution < -0.4 is 10.6 Å². The molecule has 2 fully saturated rings. The third-order valence-corrected chi connectivity index (χ3v) is 6.66. The Morgan fingerprint density at radius 3 is 2.27 bits per heavy atom. The topological polar surface area (TPSA) is 81.8 Å². The molecule has 4 amide bonds. The molecule has 2 rings (SSSR count). The molecule has 7 heteroatoms. The molecule has 2 N–H and O–H groups in total. The standard InChI is InChI=1S/C23H42N4O3/c1-6-17(4)21(25-20(28)12-11-19-9-7-8-10-19)22(29)26-13-14-27(18(5)15-26)23(30)24-16(2)3/h16-19,21H,6-15H2,1-5H3,(H,24,30)(H,25,28). The van der Waals surface area contributed by atoms with Crippen molar-refractivity contribution >= 4 is 17.8 Å². The average Bonchev–Trinajstić information content (AvgIpc) is 3.22. The zero-order valence-corrected chi connectivity index (χ0v) is 19.6. The lowest BCUT2D eigenvalue weighted by molar-refractivity contribution is -0.140. The van der Waals surface area contributed by atoms with Gasteiger partial charge in [0.15, 0.2) is 0 Å². The van der Waals surface area contributed by atoms with Crippen molar-refractivity contribution in [3.05, 3.63) is 0 Å². The molecule has 0 radical (unpaired) electrons. The van der Waals surface area contributed by atoms with Crippen LogP contribution in [0.25, 0.3) is 0 Å². The van der Waals surface area contributed by atoms with Crippen molar-refractivity contribution in [3.8, 4) is 0 Å². The lowest BCUT2D eigenvalue weighted by Crippen LogP contribution is -2.61. The number of amides is 4. The largest absolute Gasteiger partial charge is 0.344 e. The molecule has 0 spiro atoms.